The lowest BCUT2D eigenvalue weighted by Gasteiger charge is -2.10. The SMILES string of the molecule is CC(C)c1nc2ccc(CNC(=O)C3CCC(=O)N3)cc2[nH]1. The first-order chi connectivity index (χ1) is 10.5. The van der Waals surface area contributed by atoms with Gasteiger partial charge in [0.1, 0.15) is 11.9 Å². The Labute approximate surface area is 128 Å². The smallest absolute Gasteiger partial charge is 0.242 e. The fraction of sp³-hybridized carbons (Fsp3) is 0.438. The van der Waals surface area contributed by atoms with Gasteiger partial charge in [0.25, 0.3) is 0 Å². The standard InChI is InChI=1S/C16H20N4O2/c1-9(2)15-19-11-4-3-10(7-13(11)20-15)8-17-16(22)12-5-6-14(21)18-12/h3-4,7,9,12H,5-6,8H2,1-2H3,(H,17,22)(H,18,21)(H,19,20). The van der Waals surface area contributed by atoms with Crippen molar-refractivity contribution in [2.45, 2.75) is 45.2 Å². The van der Waals surface area contributed by atoms with Crippen molar-refractivity contribution in [1.29, 1.82) is 0 Å². The topological polar surface area (TPSA) is 86.9 Å². The molecule has 6 nitrogen and oxygen atoms in total. The number of amides is 2. The van der Waals surface area contributed by atoms with Gasteiger partial charge >= 0.3 is 0 Å². The number of H-pyrrole nitrogens is 1. The third kappa shape index (κ3) is 2.95. The van der Waals surface area contributed by atoms with Crippen molar-refractivity contribution in [3.8, 4) is 0 Å². The van der Waals surface area contributed by atoms with Crippen LogP contribution in [0.25, 0.3) is 11.0 Å². The van der Waals surface area contributed by atoms with Gasteiger partial charge in [-0.2, -0.15) is 0 Å². The maximum atomic E-state index is 12.0. The minimum absolute atomic E-state index is 0.0553. The Balaban J connectivity index is 1.66. The summed E-state index contributed by atoms with van der Waals surface area (Å²) in [6.45, 7) is 4.63. The van der Waals surface area contributed by atoms with E-state index in [0.29, 0.717) is 25.3 Å². The van der Waals surface area contributed by atoms with Crippen molar-refractivity contribution in [3.05, 3.63) is 29.6 Å². The first-order valence-electron chi connectivity index (χ1n) is 7.58. The molecule has 3 rings (SSSR count). The molecule has 0 aliphatic carbocycles. The molecular weight excluding hydrogens is 280 g/mol. The average molecular weight is 300 g/mol. The summed E-state index contributed by atoms with van der Waals surface area (Å²) < 4.78 is 0. The van der Waals surface area contributed by atoms with Crippen LogP contribution in [0.1, 0.15) is 44.0 Å². The molecule has 116 valence electrons. The molecule has 1 fully saturated rings. The lowest BCUT2D eigenvalue weighted by Crippen LogP contribution is -2.41. The number of nitrogens with one attached hydrogen (secondary N) is 3. The highest BCUT2D eigenvalue weighted by atomic mass is 16.2. The van der Waals surface area contributed by atoms with Crippen LogP contribution < -0.4 is 10.6 Å². The molecule has 1 aromatic heterocycles. The average Bonchev–Trinajstić information content (AvgIpc) is 3.10. The molecule has 1 atom stereocenters. The molecule has 0 radical (unpaired) electrons. The highest BCUT2D eigenvalue weighted by Crippen LogP contribution is 2.18. The van der Waals surface area contributed by atoms with E-state index >= 15 is 0 Å². The van der Waals surface area contributed by atoms with Crippen LogP contribution in [-0.4, -0.2) is 27.8 Å². The molecule has 1 saturated heterocycles. The maximum absolute atomic E-state index is 12.0. The van der Waals surface area contributed by atoms with Crippen LogP contribution in [0.15, 0.2) is 18.2 Å². The largest absolute Gasteiger partial charge is 0.350 e. The van der Waals surface area contributed by atoms with Gasteiger partial charge in [-0.1, -0.05) is 19.9 Å². The summed E-state index contributed by atoms with van der Waals surface area (Å²) in [7, 11) is 0. The van der Waals surface area contributed by atoms with Gasteiger partial charge < -0.3 is 15.6 Å². The second-order valence-electron chi connectivity index (χ2n) is 6.00. The highest BCUT2D eigenvalue weighted by Gasteiger charge is 2.26. The second kappa shape index (κ2) is 5.79. The minimum atomic E-state index is -0.393. The van der Waals surface area contributed by atoms with E-state index < -0.39 is 6.04 Å². The van der Waals surface area contributed by atoms with Gasteiger partial charge in [0, 0.05) is 18.9 Å². The lowest BCUT2D eigenvalue weighted by atomic mass is 10.2. The number of benzene rings is 1. The van der Waals surface area contributed by atoms with E-state index in [1.165, 1.54) is 0 Å². The van der Waals surface area contributed by atoms with E-state index in [-0.39, 0.29) is 11.8 Å². The van der Waals surface area contributed by atoms with Crippen molar-refractivity contribution in [3.63, 3.8) is 0 Å². The highest BCUT2D eigenvalue weighted by molar-refractivity contribution is 5.90. The maximum Gasteiger partial charge on any atom is 0.242 e. The first kappa shape index (κ1) is 14.6. The summed E-state index contributed by atoms with van der Waals surface area (Å²) in [5.74, 6) is 1.13. The van der Waals surface area contributed by atoms with Gasteiger partial charge in [0.2, 0.25) is 11.8 Å². The summed E-state index contributed by atoms with van der Waals surface area (Å²) >= 11 is 0. The van der Waals surface area contributed by atoms with Crippen molar-refractivity contribution in [1.82, 2.24) is 20.6 Å². The van der Waals surface area contributed by atoms with E-state index in [1.54, 1.807) is 0 Å². The number of hydrogen-bond donors (Lipinski definition) is 3. The van der Waals surface area contributed by atoms with Crippen LogP contribution in [0, 0.1) is 0 Å². The molecular formula is C16H20N4O2. The summed E-state index contributed by atoms with van der Waals surface area (Å²) in [5.41, 5.74) is 2.91. The lowest BCUT2D eigenvalue weighted by molar-refractivity contribution is -0.125. The van der Waals surface area contributed by atoms with Gasteiger partial charge in [0.15, 0.2) is 0 Å². The predicted octanol–water partition coefficient (Wildman–Crippen LogP) is 1.58. The van der Waals surface area contributed by atoms with Crippen LogP contribution in [0.5, 0.6) is 0 Å². The van der Waals surface area contributed by atoms with Crippen molar-refractivity contribution >= 4 is 22.8 Å². The van der Waals surface area contributed by atoms with Gasteiger partial charge in [0.05, 0.1) is 11.0 Å². The number of aromatic amines is 1. The van der Waals surface area contributed by atoms with Crippen LogP contribution >= 0.6 is 0 Å². The van der Waals surface area contributed by atoms with Crippen LogP contribution in [0.3, 0.4) is 0 Å². The second-order valence-corrected chi connectivity index (χ2v) is 6.00. The fourth-order valence-electron chi connectivity index (χ4n) is 2.58. The third-order valence-electron chi connectivity index (χ3n) is 3.89. The summed E-state index contributed by atoms with van der Waals surface area (Å²) in [6, 6.07) is 5.52. The Morgan fingerprint density at radius 3 is 2.95 bits per heavy atom. The summed E-state index contributed by atoms with van der Waals surface area (Å²) in [5, 5.41) is 5.54. The molecule has 0 saturated carbocycles. The number of rotatable bonds is 4. The third-order valence-corrected chi connectivity index (χ3v) is 3.89. The molecule has 1 unspecified atom stereocenters. The van der Waals surface area contributed by atoms with Crippen molar-refractivity contribution in [2.24, 2.45) is 0 Å². The normalized spacial score (nSPS) is 18.0. The first-order valence-corrected chi connectivity index (χ1v) is 7.58. The Kier molecular flexibility index (Phi) is 3.83. The van der Waals surface area contributed by atoms with E-state index in [1.807, 2.05) is 18.2 Å². The Morgan fingerprint density at radius 2 is 2.27 bits per heavy atom. The van der Waals surface area contributed by atoms with Gasteiger partial charge in [-0.05, 0) is 24.1 Å². The van der Waals surface area contributed by atoms with E-state index in [2.05, 4.69) is 34.4 Å². The van der Waals surface area contributed by atoms with Crippen LogP contribution in [-0.2, 0) is 16.1 Å². The van der Waals surface area contributed by atoms with Crippen molar-refractivity contribution < 1.29 is 9.59 Å². The molecule has 1 aliphatic heterocycles. The quantitative estimate of drug-likeness (QED) is 0.801. The Morgan fingerprint density at radius 1 is 1.45 bits per heavy atom. The van der Waals surface area contributed by atoms with Gasteiger partial charge in [-0.3, -0.25) is 9.59 Å². The molecule has 2 aromatic rings. The number of hydrogen-bond acceptors (Lipinski definition) is 3. The number of aromatic nitrogens is 2. The summed E-state index contributed by atoms with van der Waals surface area (Å²) in [6.07, 6.45) is 0.998. The summed E-state index contributed by atoms with van der Waals surface area (Å²) in [4.78, 5) is 30.9. The molecule has 0 spiro atoms. The van der Waals surface area contributed by atoms with E-state index in [0.717, 1.165) is 22.4 Å². The van der Waals surface area contributed by atoms with Crippen LogP contribution in [0.4, 0.5) is 0 Å². The number of imidazole rings is 1. The number of carbonyl (C=O) groups excluding carboxylic acids is 2. The molecule has 1 aromatic carbocycles. The minimum Gasteiger partial charge on any atom is -0.350 e. The molecule has 0 bridgehead atoms. The zero-order valence-corrected chi connectivity index (χ0v) is 12.8. The number of carbonyl (C=O) groups is 2. The van der Waals surface area contributed by atoms with Gasteiger partial charge in [-0.15, -0.1) is 0 Å². The zero-order valence-electron chi connectivity index (χ0n) is 12.8. The monoisotopic (exact) mass is 300 g/mol. The predicted molar refractivity (Wildman–Crippen MR) is 83.2 cm³/mol. The molecule has 22 heavy (non-hydrogen) atoms. The Bertz CT molecular complexity index is 720. The molecule has 2 heterocycles. The molecule has 3 N–H and O–H groups in total. The zero-order chi connectivity index (χ0) is 15.7. The van der Waals surface area contributed by atoms with Crippen LogP contribution in [0.2, 0.25) is 0 Å². The van der Waals surface area contributed by atoms with Crippen molar-refractivity contribution in [2.75, 3.05) is 0 Å². The van der Waals surface area contributed by atoms with E-state index in [9.17, 15) is 9.59 Å². The van der Waals surface area contributed by atoms with E-state index in [4.69, 9.17) is 0 Å². The molecule has 1 aliphatic rings. The molecule has 2 amide bonds. The Hall–Kier alpha value is -2.37. The number of nitrogens with zero attached hydrogens (tertiary/aromatic N) is 1. The molecule has 6 heteroatoms. The fourth-order valence-corrected chi connectivity index (χ4v) is 2.58. The number of fused-ring (bicyclic) bond motifs is 1. The van der Waals surface area contributed by atoms with Gasteiger partial charge in [-0.25, -0.2) is 4.98 Å².